The molecule has 0 aromatic carbocycles. The van der Waals surface area contributed by atoms with Crippen LogP contribution in [0.4, 0.5) is 0 Å². The number of rotatable bonds is 8. The van der Waals surface area contributed by atoms with E-state index in [-0.39, 0.29) is 30.0 Å². The molecule has 23 heavy (non-hydrogen) atoms. The molecular formula is C16H29IN4O2. The summed E-state index contributed by atoms with van der Waals surface area (Å²) in [4.78, 5) is 7.18. The molecule has 1 saturated heterocycles. The minimum Gasteiger partial charge on any atom is -0.468 e. The van der Waals surface area contributed by atoms with Crippen molar-refractivity contribution in [2.45, 2.75) is 25.8 Å². The van der Waals surface area contributed by atoms with Crippen LogP contribution in [0.2, 0.25) is 0 Å². The van der Waals surface area contributed by atoms with Crippen molar-refractivity contribution in [3.63, 3.8) is 0 Å². The molecule has 6 nitrogen and oxygen atoms in total. The number of hydrogen-bond donors (Lipinski definition) is 2. The molecule has 1 aromatic heterocycles. The molecule has 2 heterocycles. The highest BCUT2D eigenvalue weighted by Crippen LogP contribution is 2.25. The Kier molecular flexibility index (Phi) is 10.3. The molecule has 0 spiro atoms. The fraction of sp³-hybridized carbons (Fsp3) is 0.688. The monoisotopic (exact) mass is 436 g/mol. The minimum atomic E-state index is 0. The van der Waals surface area contributed by atoms with Gasteiger partial charge in [0.05, 0.1) is 25.5 Å². The molecule has 0 aliphatic carbocycles. The number of hydrogen-bond acceptors (Lipinski definition) is 4. The van der Waals surface area contributed by atoms with Gasteiger partial charge in [0.25, 0.3) is 0 Å². The van der Waals surface area contributed by atoms with E-state index in [1.165, 1.54) is 12.8 Å². The molecular weight excluding hydrogens is 407 g/mol. The van der Waals surface area contributed by atoms with E-state index in [4.69, 9.17) is 14.1 Å². The van der Waals surface area contributed by atoms with Crippen molar-refractivity contribution in [3.8, 4) is 0 Å². The fourth-order valence-electron chi connectivity index (χ4n) is 2.71. The van der Waals surface area contributed by atoms with Crippen LogP contribution in [-0.4, -0.2) is 57.3 Å². The first kappa shape index (κ1) is 20.2. The van der Waals surface area contributed by atoms with E-state index in [1.54, 1.807) is 13.4 Å². The number of furan rings is 1. The summed E-state index contributed by atoms with van der Waals surface area (Å²) in [5.41, 5.74) is 0. The number of ether oxygens (including phenoxy) is 1. The Labute approximate surface area is 156 Å². The molecule has 0 saturated carbocycles. The largest absolute Gasteiger partial charge is 0.468 e. The van der Waals surface area contributed by atoms with Gasteiger partial charge in [-0.05, 0) is 45.0 Å². The van der Waals surface area contributed by atoms with Gasteiger partial charge in [-0.3, -0.25) is 9.89 Å². The molecule has 2 rings (SSSR count). The third-order valence-corrected chi connectivity index (χ3v) is 3.82. The molecule has 1 aromatic rings. The van der Waals surface area contributed by atoms with Crippen molar-refractivity contribution in [3.05, 3.63) is 24.2 Å². The zero-order chi connectivity index (χ0) is 15.6. The van der Waals surface area contributed by atoms with E-state index in [0.717, 1.165) is 37.9 Å². The van der Waals surface area contributed by atoms with Gasteiger partial charge >= 0.3 is 0 Å². The van der Waals surface area contributed by atoms with Gasteiger partial charge in [-0.15, -0.1) is 24.0 Å². The van der Waals surface area contributed by atoms with Crippen LogP contribution < -0.4 is 10.6 Å². The number of likely N-dealkylation sites (tertiary alicyclic amines) is 1. The average Bonchev–Trinajstić information content (AvgIpc) is 3.21. The van der Waals surface area contributed by atoms with Crippen molar-refractivity contribution in [1.82, 2.24) is 15.5 Å². The Hall–Kier alpha value is -0.800. The second-order valence-electron chi connectivity index (χ2n) is 5.41. The second-order valence-corrected chi connectivity index (χ2v) is 5.41. The maximum Gasteiger partial charge on any atom is 0.191 e. The number of nitrogens with one attached hydrogen (secondary N) is 2. The van der Waals surface area contributed by atoms with Crippen molar-refractivity contribution in [2.75, 3.05) is 46.4 Å². The lowest BCUT2D eigenvalue weighted by Crippen LogP contribution is -2.39. The molecule has 0 bridgehead atoms. The Morgan fingerprint density at radius 1 is 1.39 bits per heavy atom. The number of methoxy groups -OCH3 is 1. The van der Waals surface area contributed by atoms with E-state index < -0.39 is 0 Å². The van der Waals surface area contributed by atoms with Crippen molar-refractivity contribution in [1.29, 1.82) is 0 Å². The summed E-state index contributed by atoms with van der Waals surface area (Å²) in [6.07, 6.45) is 4.25. The van der Waals surface area contributed by atoms with Crippen molar-refractivity contribution >= 4 is 29.9 Å². The van der Waals surface area contributed by atoms with E-state index in [1.807, 2.05) is 12.1 Å². The summed E-state index contributed by atoms with van der Waals surface area (Å²) in [7, 11) is 1.70. The number of aliphatic imine (C=N–C) groups is 1. The zero-order valence-electron chi connectivity index (χ0n) is 14.1. The highest BCUT2D eigenvalue weighted by atomic mass is 127. The van der Waals surface area contributed by atoms with Crippen LogP contribution >= 0.6 is 24.0 Å². The topological polar surface area (TPSA) is 62.0 Å². The Morgan fingerprint density at radius 3 is 2.78 bits per heavy atom. The summed E-state index contributed by atoms with van der Waals surface area (Å²) < 4.78 is 10.7. The van der Waals surface area contributed by atoms with E-state index in [0.29, 0.717) is 13.2 Å². The molecule has 7 heteroatoms. The highest BCUT2D eigenvalue weighted by molar-refractivity contribution is 14.0. The van der Waals surface area contributed by atoms with Gasteiger partial charge in [0.2, 0.25) is 0 Å². The molecule has 2 N–H and O–H groups in total. The van der Waals surface area contributed by atoms with Crippen LogP contribution in [0.3, 0.4) is 0 Å². The summed E-state index contributed by atoms with van der Waals surface area (Å²) in [5, 5.41) is 6.54. The normalized spacial score (nSPS) is 16.9. The van der Waals surface area contributed by atoms with Gasteiger partial charge in [0, 0.05) is 20.2 Å². The lowest BCUT2D eigenvalue weighted by Gasteiger charge is -2.24. The van der Waals surface area contributed by atoms with Crippen LogP contribution in [0.5, 0.6) is 0 Å². The maximum absolute atomic E-state index is 5.63. The van der Waals surface area contributed by atoms with Gasteiger partial charge in [0.15, 0.2) is 5.96 Å². The van der Waals surface area contributed by atoms with E-state index >= 15 is 0 Å². The predicted molar refractivity (Wildman–Crippen MR) is 104 cm³/mol. The Balaban J connectivity index is 0.00000264. The van der Waals surface area contributed by atoms with Crippen LogP contribution in [0.25, 0.3) is 0 Å². The summed E-state index contributed by atoms with van der Waals surface area (Å²) in [5.74, 6) is 1.83. The average molecular weight is 436 g/mol. The van der Waals surface area contributed by atoms with Crippen LogP contribution in [0, 0.1) is 0 Å². The van der Waals surface area contributed by atoms with Crippen LogP contribution in [-0.2, 0) is 4.74 Å². The van der Waals surface area contributed by atoms with Crippen molar-refractivity contribution < 1.29 is 9.15 Å². The lowest BCUT2D eigenvalue weighted by atomic mass is 10.2. The quantitative estimate of drug-likeness (QED) is 0.283. The van der Waals surface area contributed by atoms with Gasteiger partial charge in [-0.25, -0.2) is 0 Å². The van der Waals surface area contributed by atoms with Gasteiger partial charge < -0.3 is 19.8 Å². The first-order chi connectivity index (χ1) is 10.8. The first-order valence-corrected chi connectivity index (χ1v) is 8.13. The smallest absolute Gasteiger partial charge is 0.191 e. The number of halogens is 1. The SMILES string of the molecule is CCNC(=NCC(c1ccco1)N1CCCC1)NCCOC.I. The number of nitrogens with zero attached hydrogens (tertiary/aromatic N) is 2. The van der Waals surface area contributed by atoms with E-state index in [9.17, 15) is 0 Å². The Bertz CT molecular complexity index is 433. The van der Waals surface area contributed by atoms with Gasteiger partial charge in [-0.2, -0.15) is 0 Å². The third-order valence-electron chi connectivity index (χ3n) is 3.82. The summed E-state index contributed by atoms with van der Waals surface area (Å²) in [6.45, 7) is 7.25. The molecule has 0 amide bonds. The standard InChI is InChI=1S/C16H28N4O2.HI/c1-3-17-16(18-8-12-21-2)19-13-14(15-7-6-11-22-15)20-9-4-5-10-20;/h6-7,11,14H,3-5,8-10,12-13H2,1-2H3,(H2,17,18,19);1H. The van der Waals surface area contributed by atoms with Gasteiger partial charge in [0.1, 0.15) is 5.76 Å². The van der Waals surface area contributed by atoms with Crippen LogP contribution in [0.1, 0.15) is 31.6 Å². The second kappa shape index (κ2) is 11.7. The summed E-state index contributed by atoms with van der Waals surface area (Å²) >= 11 is 0. The maximum atomic E-state index is 5.63. The minimum absolute atomic E-state index is 0. The first-order valence-electron chi connectivity index (χ1n) is 8.13. The highest BCUT2D eigenvalue weighted by Gasteiger charge is 2.25. The summed E-state index contributed by atoms with van der Waals surface area (Å²) in [6, 6.07) is 4.21. The fourth-order valence-corrected chi connectivity index (χ4v) is 2.71. The van der Waals surface area contributed by atoms with Crippen LogP contribution in [0.15, 0.2) is 27.8 Å². The number of guanidine groups is 1. The van der Waals surface area contributed by atoms with Gasteiger partial charge in [-0.1, -0.05) is 0 Å². The molecule has 1 aliphatic heterocycles. The zero-order valence-corrected chi connectivity index (χ0v) is 16.4. The van der Waals surface area contributed by atoms with E-state index in [2.05, 4.69) is 22.5 Å². The molecule has 1 atom stereocenters. The van der Waals surface area contributed by atoms with Crippen molar-refractivity contribution in [2.24, 2.45) is 4.99 Å². The molecule has 132 valence electrons. The third kappa shape index (κ3) is 6.68. The lowest BCUT2D eigenvalue weighted by molar-refractivity contribution is 0.203. The molecule has 1 fully saturated rings. The molecule has 1 aliphatic rings. The molecule has 1 unspecified atom stereocenters. The predicted octanol–water partition coefficient (Wildman–Crippen LogP) is 2.24. The Morgan fingerprint density at radius 2 is 2.17 bits per heavy atom. The molecule has 0 radical (unpaired) electrons.